The zero-order chi connectivity index (χ0) is 9.59. The summed E-state index contributed by atoms with van der Waals surface area (Å²) in [5.41, 5.74) is 0. The summed E-state index contributed by atoms with van der Waals surface area (Å²) in [6, 6.07) is -0.560. The molecule has 0 bridgehead atoms. The molecule has 2 saturated heterocycles. The van der Waals surface area contributed by atoms with Crippen molar-refractivity contribution in [3.05, 3.63) is 0 Å². The molecule has 2 atom stereocenters. The fourth-order valence-electron chi connectivity index (χ4n) is 1.74. The molecule has 14 heavy (non-hydrogen) atoms. The van der Waals surface area contributed by atoms with E-state index in [2.05, 4.69) is 10.6 Å². The summed E-state index contributed by atoms with van der Waals surface area (Å²) in [5, 5.41) is 6.03. The SMILES string of the molecule is CN1C(=O)C2NCNC2N(C)C1=O.O. The number of amides is 3. The molecule has 4 N–H and O–H groups in total. The molecule has 7 heteroatoms. The van der Waals surface area contributed by atoms with Crippen LogP contribution in [0.15, 0.2) is 0 Å². The van der Waals surface area contributed by atoms with Gasteiger partial charge in [-0.05, 0) is 0 Å². The maximum atomic E-state index is 11.5. The van der Waals surface area contributed by atoms with E-state index in [1.54, 1.807) is 7.05 Å². The van der Waals surface area contributed by atoms with Gasteiger partial charge in [0.25, 0.3) is 5.91 Å². The molecule has 0 aromatic heterocycles. The summed E-state index contributed by atoms with van der Waals surface area (Å²) < 4.78 is 0. The Morgan fingerprint density at radius 1 is 1.29 bits per heavy atom. The number of hydrogen-bond acceptors (Lipinski definition) is 4. The quantitative estimate of drug-likeness (QED) is 0.455. The van der Waals surface area contributed by atoms with Crippen LogP contribution in [0.4, 0.5) is 4.79 Å². The minimum Gasteiger partial charge on any atom is -0.412 e. The van der Waals surface area contributed by atoms with Crippen molar-refractivity contribution in [2.45, 2.75) is 12.2 Å². The van der Waals surface area contributed by atoms with Gasteiger partial charge in [0.15, 0.2) is 0 Å². The van der Waals surface area contributed by atoms with Crippen LogP contribution < -0.4 is 10.6 Å². The van der Waals surface area contributed by atoms with Gasteiger partial charge in [-0.3, -0.25) is 20.3 Å². The number of urea groups is 1. The van der Waals surface area contributed by atoms with E-state index in [1.165, 1.54) is 11.9 Å². The van der Waals surface area contributed by atoms with E-state index in [-0.39, 0.29) is 29.6 Å². The summed E-state index contributed by atoms with van der Waals surface area (Å²) in [6.07, 6.45) is -0.198. The van der Waals surface area contributed by atoms with Gasteiger partial charge >= 0.3 is 6.03 Å². The van der Waals surface area contributed by atoms with Gasteiger partial charge < -0.3 is 10.4 Å². The van der Waals surface area contributed by atoms with Crippen LogP contribution in [0.1, 0.15) is 0 Å². The number of hydrogen-bond donors (Lipinski definition) is 2. The monoisotopic (exact) mass is 202 g/mol. The van der Waals surface area contributed by atoms with Gasteiger partial charge in [0.1, 0.15) is 12.2 Å². The smallest absolute Gasteiger partial charge is 0.327 e. The van der Waals surface area contributed by atoms with Crippen LogP contribution >= 0.6 is 0 Å². The summed E-state index contributed by atoms with van der Waals surface area (Å²) in [4.78, 5) is 25.7. The molecule has 0 saturated carbocycles. The molecule has 80 valence electrons. The molecule has 2 aliphatic rings. The molecule has 0 spiro atoms. The highest BCUT2D eigenvalue weighted by atomic mass is 16.2. The maximum absolute atomic E-state index is 11.5. The molecule has 0 aromatic carbocycles. The molecule has 2 fully saturated rings. The van der Waals surface area contributed by atoms with E-state index in [0.29, 0.717) is 6.67 Å². The van der Waals surface area contributed by atoms with Crippen molar-refractivity contribution in [2.75, 3.05) is 20.8 Å². The molecule has 0 aromatic rings. The first-order valence-electron chi connectivity index (χ1n) is 4.14. The van der Waals surface area contributed by atoms with Crippen LogP contribution in [0.2, 0.25) is 0 Å². The molecule has 0 aliphatic carbocycles. The molecule has 7 nitrogen and oxygen atoms in total. The Hall–Kier alpha value is -1.18. The topological polar surface area (TPSA) is 96.2 Å². The van der Waals surface area contributed by atoms with Gasteiger partial charge in [-0.25, -0.2) is 4.79 Å². The van der Waals surface area contributed by atoms with Gasteiger partial charge in [0, 0.05) is 20.8 Å². The molecule has 2 heterocycles. The first kappa shape index (κ1) is 10.9. The fraction of sp³-hybridized carbons (Fsp3) is 0.714. The van der Waals surface area contributed by atoms with Crippen LogP contribution in [-0.2, 0) is 4.79 Å². The van der Waals surface area contributed by atoms with Gasteiger partial charge in [-0.15, -0.1) is 0 Å². The fourth-order valence-corrected chi connectivity index (χ4v) is 1.74. The zero-order valence-corrected chi connectivity index (χ0v) is 8.07. The average molecular weight is 202 g/mol. The Kier molecular flexibility index (Phi) is 2.74. The van der Waals surface area contributed by atoms with Crippen molar-refractivity contribution >= 4 is 11.9 Å². The van der Waals surface area contributed by atoms with E-state index < -0.39 is 0 Å². The second kappa shape index (κ2) is 3.52. The van der Waals surface area contributed by atoms with Crippen LogP contribution in [-0.4, -0.2) is 60.2 Å². The van der Waals surface area contributed by atoms with Crippen molar-refractivity contribution in [1.29, 1.82) is 0 Å². The normalized spacial score (nSPS) is 31.6. The van der Waals surface area contributed by atoms with Gasteiger partial charge in [-0.1, -0.05) is 0 Å². The number of likely N-dealkylation sites (N-methyl/N-ethyl adjacent to an activating group) is 2. The minimum atomic E-state index is -0.298. The second-order valence-corrected chi connectivity index (χ2v) is 3.30. The predicted molar refractivity (Wildman–Crippen MR) is 48.3 cm³/mol. The highest BCUT2D eigenvalue weighted by Gasteiger charge is 2.45. The van der Waals surface area contributed by atoms with Crippen LogP contribution in [0.3, 0.4) is 0 Å². The molecule has 3 amide bonds. The average Bonchev–Trinajstić information content (AvgIpc) is 2.59. The van der Waals surface area contributed by atoms with Crippen molar-refractivity contribution in [3.63, 3.8) is 0 Å². The van der Waals surface area contributed by atoms with Crippen molar-refractivity contribution in [2.24, 2.45) is 0 Å². The summed E-state index contributed by atoms with van der Waals surface area (Å²) in [6.45, 7) is 0.562. The molecular formula is C7H14N4O3. The van der Waals surface area contributed by atoms with E-state index in [9.17, 15) is 9.59 Å². The third-order valence-electron chi connectivity index (χ3n) is 2.55. The standard InChI is InChI=1S/C7H12N4O2.H2O/c1-10-5-4(8-3-9-5)6(12)11(2)7(10)13;/h4-5,8-9H,3H2,1-2H3;1H2. The molecular weight excluding hydrogens is 188 g/mol. The van der Waals surface area contributed by atoms with E-state index in [1.807, 2.05) is 0 Å². The zero-order valence-electron chi connectivity index (χ0n) is 8.07. The van der Waals surface area contributed by atoms with Gasteiger partial charge in [0.05, 0.1) is 0 Å². The highest BCUT2D eigenvalue weighted by molar-refractivity contribution is 6.00. The van der Waals surface area contributed by atoms with E-state index in [4.69, 9.17) is 0 Å². The minimum absolute atomic E-state index is 0. The van der Waals surface area contributed by atoms with Crippen molar-refractivity contribution in [3.8, 4) is 0 Å². The number of rotatable bonds is 0. The first-order valence-corrected chi connectivity index (χ1v) is 4.14. The molecule has 2 rings (SSSR count). The van der Waals surface area contributed by atoms with Crippen LogP contribution in [0.25, 0.3) is 0 Å². The number of imide groups is 1. The summed E-state index contributed by atoms with van der Waals surface area (Å²) in [5.74, 6) is -0.168. The Morgan fingerprint density at radius 3 is 2.57 bits per heavy atom. The molecule has 2 aliphatic heterocycles. The van der Waals surface area contributed by atoms with E-state index >= 15 is 0 Å². The number of carbonyl (C=O) groups is 2. The second-order valence-electron chi connectivity index (χ2n) is 3.30. The highest BCUT2D eigenvalue weighted by Crippen LogP contribution is 2.15. The lowest BCUT2D eigenvalue weighted by Crippen LogP contribution is -2.64. The number of nitrogens with one attached hydrogen (secondary N) is 2. The third kappa shape index (κ3) is 1.26. The van der Waals surface area contributed by atoms with Crippen molar-refractivity contribution < 1.29 is 15.1 Å². The Balaban J connectivity index is 0.000000980. The molecule has 0 radical (unpaired) electrons. The Labute approximate surface area is 81.3 Å². The van der Waals surface area contributed by atoms with Crippen molar-refractivity contribution in [1.82, 2.24) is 20.4 Å². The number of carbonyl (C=O) groups excluding carboxylic acids is 2. The lowest BCUT2D eigenvalue weighted by atomic mass is 10.1. The van der Waals surface area contributed by atoms with Gasteiger partial charge in [0.2, 0.25) is 0 Å². The van der Waals surface area contributed by atoms with E-state index in [0.717, 1.165) is 4.90 Å². The number of nitrogens with zero attached hydrogens (tertiary/aromatic N) is 2. The summed E-state index contributed by atoms with van der Waals surface area (Å²) >= 11 is 0. The van der Waals surface area contributed by atoms with Gasteiger partial charge in [-0.2, -0.15) is 0 Å². The lowest BCUT2D eigenvalue weighted by molar-refractivity contribution is -0.133. The summed E-state index contributed by atoms with van der Waals surface area (Å²) in [7, 11) is 3.18. The number of fused-ring (bicyclic) bond motifs is 1. The molecule has 2 unspecified atom stereocenters. The van der Waals surface area contributed by atoms with Crippen LogP contribution in [0.5, 0.6) is 0 Å². The largest absolute Gasteiger partial charge is 0.412 e. The third-order valence-corrected chi connectivity index (χ3v) is 2.55. The van der Waals surface area contributed by atoms with Crippen LogP contribution in [0, 0.1) is 0 Å². The maximum Gasteiger partial charge on any atom is 0.327 e. The predicted octanol–water partition coefficient (Wildman–Crippen LogP) is -2.47. The Morgan fingerprint density at radius 2 is 1.93 bits per heavy atom. The Bertz CT molecular complexity index is 270. The lowest BCUT2D eigenvalue weighted by Gasteiger charge is -2.37. The first-order chi connectivity index (χ1) is 6.13.